The van der Waals surface area contributed by atoms with Gasteiger partial charge < -0.3 is 51.5 Å². The van der Waals surface area contributed by atoms with Crippen LogP contribution in [0.5, 0.6) is 17.2 Å². The van der Waals surface area contributed by atoms with Gasteiger partial charge in [0.25, 0.3) is 0 Å². The third-order valence-corrected chi connectivity index (χ3v) is 34.4. The van der Waals surface area contributed by atoms with Crippen molar-refractivity contribution in [2.24, 2.45) is 11.8 Å². The number of rotatable bonds is 33. The van der Waals surface area contributed by atoms with E-state index in [1.165, 1.54) is 15.9 Å². The van der Waals surface area contributed by atoms with Crippen molar-refractivity contribution in [1.29, 1.82) is 0 Å². The molecule has 6 aromatic carbocycles. The second kappa shape index (κ2) is 34.2. The van der Waals surface area contributed by atoms with Crippen LogP contribution in [-0.2, 0) is 57.1 Å². The van der Waals surface area contributed by atoms with Gasteiger partial charge in [0.15, 0.2) is 22.4 Å². The van der Waals surface area contributed by atoms with E-state index in [1.807, 2.05) is 84.9 Å². The largest absolute Gasteiger partial charge is 0.497 e. The van der Waals surface area contributed by atoms with Crippen LogP contribution in [0.3, 0.4) is 0 Å². The molecule has 6 aromatic rings. The molecule has 0 bridgehead atoms. The average Bonchev–Trinajstić information content (AvgIpc) is 0.759. The van der Waals surface area contributed by atoms with Crippen molar-refractivity contribution in [1.82, 2.24) is 0 Å². The van der Waals surface area contributed by atoms with Crippen molar-refractivity contribution in [3.05, 3.63) is 216 Å². The second-order valence-corrected chi connectivity index (χ2v) is 43.0. The maximum atomic E-state index is 7.92. The zero-order valence-electron chi connectivity index (χ0n) is 60.3. The Kier molecular flexibility index (Phi) is 27.3. The van der Waals surface area contributed by atoms with E-state index in [4.69, 9.17) is 69.7 Å². The number of unbranched alkanes of at least 4 members (excludes halogenated alkanes) is 1. The molecule has 0 aliphatic carbocycles. The fourth-order valence-corrected chi connectivity index (χ4v) is 20.2. The molecule has 0 N–H and O–H groups in total. The van der Waals surface area contributed by atoms with Gasteiger partial charge in [-0.15, -0.1) is 0 Å². The summed E-state index contributed by atoms with van der Waals surface area (Å²) in [5.74, 6) is 0.474. The van der Waals surface area contributed by atoms with Gasteiger partial charge in [-0.1, -0.05) is 183 Å². The zero-order valence-corrected chi connectivity index (χ0v) is 64.0. The number of halogens is 1. The Morgan fingerprint density at radius 1 is 0.604 bits per heavy atom. The molecule has 0 saturated carbocycles. The molecule has 2 fully saturated rings. The minimum atomic E-state index is -2.45. The van der Waals surface area contributed by atoms with Gasteiger partial charge in [-0.2, -0.15) is 0 Å². The normalized spacial score (nSPS) is 22.7. The van der Waals surface area contributed by atoms with Crippen molar-refractivity contribution in [3.63, 3.8) is 0 Å². The summed E-state index contributed by atoms with van der Waals surface area (Å²) >= 11 is 6.46. The van der Waals surface area contributed by atoms with Gasteiger partial charge in [-0.25, -0.2) is 0 Å². The summed E-state index contributed by atoms with van der Waals surface area (Å²) in [6.07, 6.45) is 4.44. The van der Waals surface area contributed by atoms with Gasteiger partial charge in [-0.05, 0) is 164 Å². The molecule has 2 aliphatic rings. The Morgan fingerprint density at radius 3 is 1.50 bits per heavy atom. The van der Waals surface area contributed by atoms with E-state index in [-0.39, 0.29) is 60.0 Å². The maximum absolute atomic E-state index is 7.92. The van der Waals surface area contributed by atoms with Crippen molar-refractivity contribution < 1.29 is 51.5 Å². The van der Waals surface area contributed by atoms with Gasteiger partial charge in [0.2, 0.25) is 0 Å². The Labute approximate surface area is 584 Å². The predicted molar refractivity (Wildman–Crippen MR) is 401 cm³/mol. The highest BCUT2D eigenvalue weighted by atomic mass is 35.5. The first kappa shape index (κ1) is 76.5. The van der Waals surface area contributed by atoms with Crippen molar-refractivity contribution in [2.45, 2.75) is 205 Å². The van der Waals surface area contributed by atoms with Crippen molar-refractivity contribution >= 4 is 51.4 Å². The number of hydrogen-bond acceptors (Lipinski definition) is 11. The second-order valence-electron chi connectivity index (χ2n) is 29.4. The highest BCUT2D eigenvalue weighted by molar-refractivity contribution is 7.95. The molecule has 520 valence electrons. The minimum Gasteiger partial charge on any atom is -0.497 e. The molecule has 11 atom stereocenters. The maximum Gasteiger partial charge on any atom is 0.199 e. The smallest absolute Gasteiger partial charge is 0.199 e. The lowest BCUT2D eigenvalue weighted by Gasteiger charge is -2.55. The van der Waals surface area contributed by atoms with Crippen LogP contribution in [0.2, 0.25) is 36.3 Å². The molecule has 0 aromatic heterocycles. The van der Waals surface area contributed by atoms with E-state index in [0.29, 0.717) is 24.3 Å². The third kappa shape index (κ3) is 19.4. The molecule has 0 radical (unpaired) electrons. The fraction of sp³-hybridized carbons (Fsp3) is 0.481. The van der Waals surface area contributed by atoms with E-state index in [2.05, 4.69) is 179 Å². The molecular formula is C81H111ClO11PSi2+. The van der Waals surface area contributed by atoms with Crippen LogP contribution in [0.4, 0.5) is 0 Å². The van der Waals surface area contributed by atoms with Crippen LogP contribution in [-0.4, -0.2) is 106 Å². The highest BCUT2D eigenvalue weighted by Crippen LogP contribution is 2.57. The standard InChI is InChI=1S/C81H111ClO11PSi2/c1-58(52-68(44-37-59(2)82)92-95(15,16)79(5,6)7)53-73-77(88-56-63-40-47-66(84-12)48-41-63)75(87-55-62-38-45-65(83-11)46-39-62)61(4)76(90-73)78(89-57-64-42-49-67(85-13)50-43-64)81(86-14)54-74(93-96(17,18)80(8,9)10)60(3)72(91-81)36-28-29-51-94(69-30-22-19-23-31-69,70-32-24-20-25-33-70)71-34-26-21-27-35-71/h19-27,30-35,37-50,60-61,68,72-78H,1-2,28-29,36,51-57H2,3-18H3/q+1/b44-37+/t60-,61+,68+,72+,73+,74-,75+,76+,77+,78-,81+/m0/s1. The molecule has 8 rings (SSSR count). The quantitative estimate of drug-likeness (QED) is 0.0129. The van der Waals surface area contributed by atoms with Gasteiger partial charge in [0.1, 0.15) is 52.6 Å². The van der Waals surface area contributed by atoms with Gasteiger partial charge in [0.05, 0.1) is 83.9 Å². The fourth-order valence-electron chi connectivity index (χ4n) is 13.0. The SMILES string of the molecule is C=C(Cl)/C=C/[C@H](CC(=C)C[C@H]1O[C@@H]([C@H](OCc2ccc(OC)cc2)[C@@]2(OC)C[C@H](O[Si](C)(C)C(C)(C)C)[C@@H](C)[C@@H](CCCC[P+](c3ccccc3)(c3ccccc3)c3ccccc3)O2)[C@H](C)[C@@H](OCc2ccc(OC)cc2)[C@@H]1OCc1ccc(OC)cc1)O[Si](C)(C)C(C)(C)C. The molecule has 0 amide bonds. The van der Waals surface area contributed by atoms with Crippen LogP contribution in [0.1, 0.15) is 111 Å². The zero-order chi connectivity index (χ0) is 69.5. The molecule has 0 unspecified atom stereocenters. The summed E-state index contributed by atoms with van der Waals surface area (Å²) in [6.45, 7) is 37.0. The van der Waals surface area contributed by atoms with E-state index in [0.717, 1.165) is 64.9 Å². The first-order chi connectivity index (χ1) is 45.7. The van der Waals surface area contributed by atoms with Gasteiger partial charge in [-0.3, -0.25) is 0 Å². The predicted octanol–water partition coefficient (Wildman–Crippen LogP) is 18.5. The summed E-state index contributed by atoms with van der Waals surface area (Å²) in [4.78, 5) is 0. The first-order valence-corrected chi connectivity index (χ1v) is 42.5. The molecule has 2 saturated heterocycles. The van der Waals surface area contributed by atoms with Crippen LogP contribution in [0.25, 0.3) is 0 Å². The molecule has 96 heavy (non-hydrogen) atoms. The lowest BCUT2D eigenvalue weighted by Crippen LogP contribution is -2.67. The van der Waals surface area contributed by atoms with E-state index in [9.17, 15) is 0 Å². The Morgan fingerprint density at radius 2 is 1.06 bits per heavy atom. The molecule has 2 aliphatic heterocycles. The van der Waals surface area contributed by atoms with Crippen LogP contribution in [0.15, 0.2) is 200 Å². The number of hydrogen-bond donors (Lipinski definition) is 0. The number of ether oxygens (including phenoxy) is 9. The first-order valence-electron chi connectivity index (χ1n) is 34.4. The third-order valence-electron chi connectivity index (χ3n) is 20.7. The van der Waals surface area contributed by atoms with Gasteiger partial charge in [0, 0.05) is 30.4 Å². The topological polar surface area (TPSA) is 102 Å². The average molecular weight is 1380 g/mol. The number of allylic oxidation sites excluding steroid dienone is 2. The number of benzene rings is 6. The van der Waals surface area contributed by atoms with E-state index in [1.54, 1.807) is 28.4 Å². The Hall–Kier alpha value is -5.23. The molecule has 15 heteroatoms. The Balaban J connectivity index is 1.25. The van der Waals surface area contributed by atoms with Crippen LogP contribution < -0.4 is 30.1 Å². The summed E-state index contributed by atoms with van der Waals surface area (Å²) in [7, 11) is -0.0773. The van der Waals surface area contributed by atoms with E-state index >= 15 is 0 Å². The van der Waals surface area contributed by atoms with E-state index < -0.39 is 60.2 Å². The van der Waals surface area contributed by atoms with Crippen molar-refractivity contribution in [2.75, 3.05) is 34.6 Å². The number of methoxy groups -OCH3 is 4. The lowest BCUT2D eigenvalue weighted by molar-refractivity contribution is -0.368. The summed E-state index contributed by atoms with van der Waals surface area (Å²) in [6, 6.07) is 57.6. The van der Waals surface area contributed by atoms with Crippen molar-refractivity contribution in [3.8, 4) is 17.2 Å². The summed E-state index contributed by atoms with van der Waals surface area (Å²) in [5.41, 5.74) is 3.82. The lowest BCUT2D eigenvalue weighted by atomic mass is 9.78. The molecule has 2 heterocycles. The molecular weight excluding hydrogens is 1270 g/mol. The monoisotopic (exact) mass is 1380 g/mol. The minimum absolute atomic E-state index is 0.00912. The molecule has 0 spiro atoms. The molecule has 11 nitrogen and oxygen atoms in total. The summed E-state index contributed by atoms with van der Waals surface area (Å²) < 4.78 is 77.1. The Bertz CT molecular complexity index is 3280. The van der Waals surface area contributed by atoms with Crippen LogP contribution in [0, 0.1) is 11.8 Å². The summed E-state index contributed by atoms with van der Waals surface area (Å²) in [5, 5.41) is 4.39. The van der Waals surface area contributed by atoms with Gasteiger partial charge >= 0.3 is 0 Å². The van der Waals surface area contributed by atoms with Crippen LogP contribution >= 0.6 is 18.9 Å². The highest BCUT2D eigenvalue weighted by Gasteiger charge is 2.60.